The zero-order valence-corrected chi connectivity index (χ0v) is 18.6. The summed E-state index contributed by atoms with van der Waals surface area (Å²) in [7, 11) is 0. The first-order valence-corrected chi connectivity index (χ1v) is 10.8. The van der Waals surface area contributed by atoms with Gasteiger partial charge in [0.25, 0.3) is 0 Å². The predicted molar refractivity (Wildman–Crippen MR) is 128 cm³/mol. The fourth-order valence-electron chi connectivity index (χ4n) is 3.66. The number of hydrogen-bond donors (Lipinski definition) is 2. The van der Waals surface area contributed by atoms with Gasteiger partial charge >= 0.3 is 0 Å². The summed E-state index contributed by atoms with van der Waals surface area (Å²) in [5, 5.41) is 2.99. The summed E-state index contributed by atoms with van der Waals surface area (Å²) in [4.78, 5) is 16.7. The van der Waals surface area contributed by atoms with Crippen LogP contribution in [-0.2, 0) is 17.8 Å². The fraction of sp³-hybridized carbons (Fsp3) is 0.417. The molecule has 1 aromatic heterocycles. The standard InChI is InChI=1S/C24H32N4O.ClH/c1-2-3-4-5-9-14-23(29)26-20-15-16-22-21(18-20)27-24(25)28(22)17-10-13-19-11-7-6-8-12-19;/h6-8,11-12,15-16,18H,2-5,9-10,13-14,17H2,1H3,(H2,25,27)(H,26,29);1H. The van der Waals surface area contributed by atoms with Gasteiger partial charge in [0.2, 0.25) is 11.9 Å². The van der Waals surface area contributed by atoms with Crippen molar-refractivity contribution in [1.29, 1.82) is 0 Å². The highest BCUT2D eigenvalue weighted by Gasteiger charge is 2.10. The van der Waals surface area contributed by atoms with Gasteiger partial charge in [-0.15, -0.1) is 12.4 Å². The van der Waals surface area contributed by atoms with Crippen molar-refractivity contribution in [3.8, 4) is 0 Å². The minimum Gasteiger partial charge on any atom is -0.369 e. The summed E-state index contributed by atoms with van der Waals surface area (Å²) in [6, 6.07) is 16.3. The van der Waals surface area contributed by atoms with Crippen LogP contribution in [0.2, 0.25) is 0 Å². The second-order valence-corrected chi connectivity index (χ2v) is 7.63. The number of halogens is 1. The van der Waals surface area contributed by atoms with Crippen molar-refractivity contribution in [2.45, 2.75) is 64.8 Å². The molecule has 3 aromatic rings. The van der Waals surface area contributed by atoms with Crippen LogP contribution < -0.4 is 11.1 Å². The Morgan fingerprint density at radius 1 is 1.03 bits per heavy atom. The first-order chi connectivity index (χ1) is 14.2. The van der Waals surface area contributed by atoms with Crippen LogP contribution >= 0.6 is 12.4 Å². The molecule has 30 heavy (non-hydrogen) atoms. The number of aryl methyl sites for hydroxylation is 2. The zero-order valence-electron chi connectivity index (χ0n) is 17.8. The number of benzene rings is 2. The van der Waals surface area contributed by atoms with Gasteiger partial charge < -0.3 is 15.6 Å². The monoisotopic (exact) mass is 428 g/mol. The van der Waals surface area contributed by atoms with Crippen LogP contribution in [-0.4, -0.2) is 15.5 Å². The lowest BCUT2D eigenvalue weighted by Gasteiger charge is -2.08. The van der Waals surface area contributed by atoms with E-state index in [2.05, 4.69) is 46.1 Å². The highest BCUT2D eigenvalue weighted by Crippen LogP contribution is 2.23. The number of carbonyl (C=O) groups excluding carboxylic acids is 1. The average Bonchev–Trinajstić information content (AvgIpc) is 3.03. The Balaban J connectivity index is 0.00000320. The highest BCUT2D eigenvalue weighted by molar-refractivity contribution is 5.93. The maximum Gasteiger partial charge on any atom is 0.224 e. The number of unbranched alkanes of at least 4 members (excludes halogenated alkanes) is 4. The third kappa shape index (κ3) is 6.77. The maximum absolute atomic E-state index is 12.2. The van der Waals surface area contributed by atoms with E-state index in [4.69, 9.17) is 5.73 Å². The molecule has 0 spiro atoms. The molecule has 3 N–H and O–H groups in total. The molecule has 1 amide bonds. The Bertz CT molecular complexity index is 924. The Hall–Kier alpha value is -2.53. The van der Waals surface area contributed by atoms with Crippen molar-refractivity contribution in [3.05, 3.63) is 54.1 Å². The van der Waals surface area contributed by atoms with Gasteiger partial charge in [-0.3, -0.25) is 4.79 Å². The van der Waals surface area contributed by atoms with E-state index in [0.29, 0.717) is 12.4 Å². The molecule has 0 unspecified atom stereocenters. The molecule has 2 aromatic carbocycles. The number of nitrogen functional groups attached to an aromatic ring is 1. The van der Waals surface area contributed by atoms with E-state index in [1.807, 2.05) is 24.3 Å². The van der Waals surface area contributed by atoms with Crippen LogP contribution in [0.15, 0.2) is 48.5 Å². The number of nitrogens with zero attached hydrogens (tertiary/aromatic N) is 2. The zero-order chi connectivity index (χ0) is 20.5. The highest BCUT2D eigenvalue weighted by atomic mass is 35.5. The van der Waals surface area contributed by atoms with Crippen molar-refractivity contribution in [3.63, 3.8) is 0 Å². The third-order valence-corrected chi connectivity index (χ3v) is 5.26. The normalized spacial score (nSPS) is 10.7. The SMILES string of the molecule is CCCCCCCC(=O)Nc1ccc2c(c1)nc(N)n2CCCc1ccccc1.Cl. The van der Waals surface area contributed by atoms with Gasteiger partial charge in [-0.05, 0) is 43.0 Å². The van der Waals surface area contributed by atoms with E-state index in [1.54, 1.807) is 0 Å². The van der Waals surface area contributed by atoms with Gasteiger partial charge in [-0.25, -0.2) is 4.98 Å². The van der Waals surface area contributed by atoms with Crippen molar-refractivity contribution >= 4 is 41.0 Å². The molecule has 0 fully saturated rings. The van der Waals surface area contributed by atoms with Crippen molar-refractivity contribution in [1.82, 2.24) is 9.55 Å². The largest absolute Gasteiger partial charge is 0.369 e. The number of aromatic nitrogens is 2. The molecule has 0 radical (unpaired) electrons. The summed E-state index contributed by atoms with van der Waals surface area (Å²) in [5.74, 6) is 0.587. The number of nitrogens with two attached hydrogens (primary N) is 1. The first kappa shape index (κ1) is 23.7. The van der Waals surface area contributed by atoms with Crippen LogP contribution in [0.1, 0.15) is 57.4 Å². The maximum atomic E-state index is 12.2. The minimum atomic E-state index is 0. The van der Waals surface area contributed by atoms with Crippen LogP contribution in [0.5, 0.6) is 0 Å². The van der Waals surface area contributed by atoms with Crippen LogP contribution in [0.3, 0.4) is 0 Å². The second kappa shape index (κ2) is 12.2. The topological polar surface area (TPSA) is 72.9 Å². The molecule has 3 rings (SSSR count). The molecule has 0 atom stereocenters. The summed E-state index contributed by atoms with van der Waals surface area (Å²) in [6.45, 7) is 3.01. The summed E-state index contributed by atoms with van der Waals surface area (Å²) in [5.41, 5.74) is 10.1. The molecule has 0 aliphatic rings. The van der Waals surface area contributed by atoms with Gasteiger partial charge in [-0.2, -0.15) is 0 Å². The van der Waals surface area contributed by atoms with Gasteiger partial charge in [0.05, 0.1) is 11.0 Å². The van der Waals surface area contributed by atoms with Gasteiger partial charge in [0, 0.05) is 18.7 Å². The van der Waals surface area contributed by atoms with E-state index in [0.717, 1.165) is 48.9 Å². The van der Waals surface area contributed by atoms with Crippen molar-refractivity contribution < 1.29 is 4.79 Å². The molecule has 0 aliphatic carbocycles. The smallest absolute Gasteiger partial charge is 0.224 e. The van der Waals surface area contributed by atoms with Gasteiger partial charge in [0.15, 0.2) is 0 Å². The predicted octanol–water partition coefficient (Wildman–Crippen LogP) is 5.97. The minimum absolute atomic E-state index is 0. The summed E-state index contributed by atoms with van der Waals surface area (Å²) >= 11 is 0. The Morgan fingerprint density at radius 3 is 2.57 bits per heavy atom. The lowest BCUT2D eigenvalue weighted by Crippen LogP contribution is -2.11. The van der Waals surface area contributed by atoms with Crippen molar-refractivity contribution in [2.24, 2.45) is 0 Å². The lowest BCUT2D eigenvalue weighted by molar-refractivity contribution is -0.116. The average molecular weight is 429 g/mol. The molecular weight excluding hydrogens is 396 g/mol. The van der Waals surface area contributed by atoms with Crippen LogP contribution in [0.25, 0.3) is 11.0 Å². The third-order valence-electron chi connectivity index (χ3n) is 5.26. The molecule has 1 heterocycles. The van der Waals surface area contributed by atoms with Crippen LogP contribution in [0, 0.1) is 0 Å². The second-order valence-electron chi connectivity index (χ2n) is 7.63. The number of fused-ring (bicyclic) bond motifs is 1. The molecular formula is C24H33ClN4O. The number of amides is 1. The molecule has 0 saturated carbocycles. The van der Waals surface area contributed by atoms with E-state index in [-0.39, 0.29) is 18.3 Å². The van der Waals surface area contributed by atoms with Gasteiger partial charge in [0.1, 0.15) is 0 Å². The number of hydrogen-bond acceptors (Lipinski definition) is 3. The summed E-state index contributed by atoms with van der Waals surface area (Å²) < 4.78 is 2.05. The van der Waals surface area contributed by atoms with E-state index in [1.165, 1.54) is 24.8 Å². The Morgan fingerprint density at radius 2 is 1.80 bits per heavy atom. The quantitative estimate of drug-likeness (QED) is 0.369. The molecule has 5 nitrogen and oxygen atoms in total. The molecule has 162 valence electrons. The van der Waals surface area contributed by atoms with Crippen molar-refractivity contribution in [2.75, 3.05) is 11.1 Å². The number of nitrogens with one attached hydrogen (secondary N) is 1. The Labute approximate surface area is 185 Å². The molecule has 0 saturated heterocycles. The van der Waals surface area contributed by atoms with Crippen LogP contribution in [0.4, 0.5) is 11.6 Å². The number of carbonyl (C=O) groups is 1. The number of anilines is 2. The number of rotatable bonds is 11. The van der Waals surface area contributed by atoms with E-state index >= 15 is 0 Å². The summed E-state index contributed by atoms with van der Waals surface area (Å²) in [6.07, 6.45) is 8.29. The van der Waals surface area contributed by atoms with E-state index < -0.39 is 0 Å². The van der Waals surface area contributed by atoms with E-state index in [9.17, 15) is 4.79 Å². The van der Waals surface area contributed by atoms with Gasteiger partial charge in [-0.1, -0.05) is 62.9 Å². The molecule has 6 heteroatoms. The number of imidazole rings is 1. The molecule has 0 bridgehead atoms. The fourth-order valence-corrected chi connectivity index (χ4v) is 3.66. The lowest BCUT2D eigenvalue weighted by atomic mass is 10.1. The molecule has 0 aliphatic heterocycles. The Kier molecular flexibility index (Phi) is 9.68. The first-order valence-electron chi connectivity index (χ1n) is 10.8.